The van der Waals surface area contributed by atoms with Gasteiger partial charge in [0.05, 0.1) is 5.56 Å². The highest BCUT2D eigenvalue weighted by Gasteiger charge is 2.23. The van der Waals surface area contributed by atoms with E-state index in [9.17, 15) is 9.18 Å². The second kappa shape index (κ2) is 7.48. The number of rotatable bonds is 5. The third kappa shape index (κ3) is 3.71. The number of imidazole rings is 1. The number of hydrogen-bond donors (Lipinski definition) is 1. The molecule has 0 fully saturated rings. The molecule has 0 aliphatic carbocycles. The number of hydrogen-bond acceptors (Lipinski definition) is 4. The summed E-state index contributed by atoms with van der Waals surface area (Å²) < 4.78 is 15.5. The number of aromatic nitrogens is 3. The van der Waals surface area contributed by atoms with Crippen molar-refractivity contribution in [2.75, 3.05) is 6.26 Å². The highest BCUT2D eigenvalue weighted by molar-refractivity contribution is 7.98. The average molecular weight is 356 g/mol. The van der Waals surface area contributed by atoms with E-state index in [0.29, 0.717) is 22.0 Å². The zero-order valence-corrected chi connectivity index (χ0v) is 14.6. The summed E-state index contributed by atoms with van der Waals surface area (Å²) in [6.45, 7) is 0. The first-order valence-corrected chi connectivity index (χ1v) is 8.85. The minimum atomic E-state index is -0.571. The standard InChI is InChI=1S/C18H17FN4OS/c1-23-10-9-20-16(23)15(12-5-3-6-13(19)11-12)22-17(24)14-7-4-8-21-18(14)25-2/h3-11,15H,1-2H3,(H,22,24). The molecular formula is C18H17FN4OS. The Labute approximate surface area is 149 Å². The molecule has 3 rings (SSSR count). The molecule has 2 aromatic heterocycles. The first-order valence-electron chi connectivity index (χ1n) is 7.62. The molecule has 0 spiro atoms. The third-order valence-electron chi connectivity index (χ3n) is 3.78. The quantitative estimate of drug-likeness (QED) is 0.713. The lowest BCUT2D eigenvalue weighted by Crippen LogP contribution is -2.31. The van der Waals surface area contributed by atoms with Crippen LogP contribution in [0.15, 0.2) is 60.0 Å². The molecular weight excluding hydrogens is 339 g/mol. The van der Waals surface area contributed by atoms with Gasteiger partial charge in [-0.05, 0) is 36.1 Å². The molecule has 0 saturated heterocycles. The highest BCUT2D eigenvalue weighted by Crippen LogP contribution is 2.23. The summed E-state index contributed by atoms with van der Waals surface area (Å²) in [4.78, 5) is 21.3. The van der Waals surface area contributed by atoms with Crippen molar-refractivity contribution < 1.29 is 9.18 Å². The van der Waals surface area contributed by atoms with Crippen molar-refractivity contribution in [1.82, 2.24) is 19.9 Å². The van der Waals surface area contributed by atoms with Gasteiger partial charge in [-0.2, -0.15) is 0 Å². The normalized spacial score (nSPS) is 12.0. The van der Waals surface area contributed by atoms with E-state index < -0.39 is 6.04 Å². The minimum absolute atomic E-state index is 0.283. The monoisotopic (exact) mass is 356 g/mol. The lowest BCUT2D eigenvalue weighted by molar-refractivity contribution is 0.0937. The Bertz CT molecular complexity index is 896. The molecule has 7 heteroatoms. The smallest absolute Gasteiger partial charge is 0.254 e. The van der Waals surface area contributed by atoms with Crippen molar-refractivity contribution >= 4 is 17.7 Å². The van der Waals surface area contributed by atoms with Gasteiger partial charge in [0.15, 0.2) is 0 Å². The second-order valence-electron chi connectivity index (χ2n) is 5.42. The van der Waals surface area contributed by atoms with Gasteiger partial charge in [-0.1, -0.05) is 12.1 Å². The molecule has 3 aromatic rings. The predicted molar refractivity (Wildman–Crippen MR) is 94.9 cm³/mol. The predicted octanol–water partition coefficient (Wildman–Crippen LogP) is 3.20. The van der Waals surface area contributed by atoms with Gasteiger partial charge < -0.3 is 9.88 Å². The van der Waals surface area contributed by atoms with E-state index in [0.717, 1.165) is 0 Å². The number of nitrogens with one attached hydrogen (secondary N) is 1. The van der Waals surface area contributed by atoms with Gasteiger partial charge in [-0.25, -0.2) is 14.4 Å². The largest absolute Gasteiger partial charge is 0.338 e. The van der Waals surface area contributed by atoms with Crippen LogP contribution >= 0.6 is 11.8 Å². The maximum Gasteiger partial charge on any atom is 0.254 e. The minimum Gasteiger partial charge on any atom is -0.338 e. The number of pyridine rings is 1. The van der Waals surface area contributed by atoms with Crippen LogP contribution in [0, 0.1) is 5.82 Å². The lowest BCUT2D eigenvalue weighted by Gasteiger charge is -2.20. The van der Waals surface area contributed by atoms with Crippen LogP contribution < -0.4 is 5.32 Å². The molecule has 0 radical (unpaired) electrons. The average Bonchev–Trinajstić information content (AvgIpc) is 3.05. The van der Waals surface area contributed by atoms with Gasteiger partial charge >= 0.3 is 0 Å². The fourth-order valence-electron chi connectivity index (χ4n) is 2.57. The summed E-state index contributed by atoms with van der Waals surface area (Å²) in [5.41, 5.74) is 1.10. The number of carbonyl (C=O) groups is 1. The van der Waals surface area contributed by atoms with Crippen LogP contribution in [0.1, 0.15) is 27.8 Å². The Balaban J connectivity index is 1.98. The van der Waals surface area contributed by atoms with Crippen molar-refractivity contribution in [3.8, 4) is 0 Å². The van der Waals surface area contributed by atoms with Crippen LogP contribution in [0.5, 0.6) is 0 Å². The van der Waals surface area contributed by atoms with Crippen molar-refractivity contribution in [1.29, 1.82) is 0 Å². The molecule has 1 amide bonds. The summed E-state index contributed by atoms with van der Waals surface area (Å²) >= 11 is 1.40. The first-order chi connectivity index (χ1) is 12.1. The van der Waals surface area contributed by atoms with E-state index in [4.69, 9.17) is 0 Å². The third-order valence-corrected chi connectivity index (χ3v) is 4.50. The molecule has 0 aliphatic rings. The van der Waals surface area contributed by atoms with E-state index >= 15 is 0 Å². The number of nitrogens with zero attached hydrogens (tertiary/aromatic N) is 3. The van der Waals surface area contributed by atoms with Crippen molar-refractivity contribution in [2.45, 2.75) is 11.1 Å². The molecule has 0 aliphatic heterocycles. The van der Waals surface area contributed by atoms with Crippen molar-refractivity contribution in [2.24, 2.45) is 7.05 Å². The van der Waals surface area contributed by atoms with Gasteiger partial charge in [-0.3, -0.25) is 4.79 Å². The number of carbonyl (C=O) groups excluding carboxylic acids is 1. The molecule has 25 heavy (non-hydrogen) atoms. The maximum atomic E-state index is 13.7. The fraction of sp³-hybridized carbons (Fsp3) is 0.167. The Kier molecular flexibility index (Phi) is 5.14. The van der Waals surface area contributed by atoms with Gasteiger partial charge in [0.1, 0.15) is 22.7 Å². The van der Waals surface area contributed by atoms with E-state index in [1.54, 1.807) is 47.4 Å². The van der Waals surface area contributed by atoms with E-state index in [2.05, 4.69) is 15.3 Å². The zero-order valence-electron chi connectivity index (χ0n) is 13.8. The van der Waals surface area contributed by atoms with Crippen molar-refractivity contribution in [3.05, 3.63) is 77.8 Å². The highest BCUT2D eigenvalue weighted by atomic mass is 32.2. The summed E-state index contributed by atoms with van der Waals surface area (Å²) in [6, 6.07) is 9.01. The van der Waals surface area contributed by atoms with Crippen LogP contribution in [0.3, 0.4) is 0 Å². The number of amides is 1. The maximum absolute atomic E-state index is 13.7. The molecule has 5 nitrogen and oxygen atoms in total. The molecule has 1 unspecified atom stereocenters. The van der Waals surface area contributed by atoms with E-state index in [-0.39, 0.29) is 11.7 Å². The molecule has 128 valence electrons. The SMILES string of the molecule is CSc1ncccc1C(=O)NC(c1cccc(F)c1)c1nccn1C. The van der Waals surface area contributed by atoms with Gasteiger partial charge in [0.25, 0.3) is 5.91 Å². The first kappa shape index (κ1) is 17.2. The van der Waals surface area contributed by atoms with Crippen LogP contribution in [0.25, 0.3) is 0 Å². The Morgan fingerprint density at radius 3 is 2.76 bits per heavy atom. The Morgan fingerprint density at radius 2 is 2.08 bits per heavy atom. The molecule has 2 heterocycles. The Morgan fingerprint density at radius 1 is 1.24 bits per heavy atom. The number of aryl methyl sites for hydroxylation is 1. The van der Waals surface area contributed by atoms with E-state index in [1.807, 2.05) is 13.3 Å². The number of thioether (sulfide) groups is 1. The van der Waals surface area contributed by atoms with Gasteiger partial charge in [-0.15, -0.1) is 11.8 Å². The van der Waals surface area contributed by atoms with Gasteiger partial charge in [0.2, 0.25) is 0 Å². The summed E-state index contributed by atoms with van der Waals surface area (Å²) in [6.07, 6.45) is 6.93. The molecule has 0 saturated carbocycles. The molecule has 1 N–H and O–H groups in total. The van der Waals surface area contributed by atoms with Crippen LogP contribution in [-0.2, 0) is 7.05 Å². The lowest BCUT2D eigenvalue weighted by atomic mass is 10.1. The molecule has 1 aromatic carbocycles. The topological polar surface area (TPSA) is 59.8 Å². The fourth-order valence-corrected chi connectivity index (χ4v) is 3.12. The van der Waals surface area contributed by atoms with Crippen LogP contribution in [-0.4, -0.2) is 26.7 Å². The second-order valence-corrected chi connectivity index (χ2v) is 6.21. The molecule has 1 atom stereocenters. The summed E-state index contributed by atoms with van der Waals surface area (Å²) in [5, 5.41) is 3.59. The van der Waals surface area contributed by atoms with E-state index in [1.165, 1.54) is 23.9 Å². The summed E-state index contributed by atoms with van der Waals surface area (Å²) in [5.74, 6) is -0.0274. The number of halogens is 1. The summed E-state index contributed by atoms with van der Waals surface area (Å²) in [7, 11) is 1.83. The van der Waals surface area contributed by atoms with Gasteiger partial charge in [0, 0.05) is 25.6 Å². The van der Waals surface area contributed by atoms with Crippen LogP contribution in [0.2, 0.25) is 0 Å². The Hall–Kier alpha value is -2.67. The molecule has 0 bridgehead atoms. The van der Waals surface area contributed by atoms with Crippen molar-refractivity contribution in [3.63, 3.8) is 0 Å². The van der Waals surface area contributed by atoms with Crippen LogP contribution in [0.4, 0.5) is 4.39 Å². The zero-order chi connectivity index (χ0) is 17.8. The number of benzene rings is 1.